The molecule has 0 saturated carbocycles. The van der Waals surface area contributed by atoms with Crippen LogP contribution in [0.15, 0.2) is 47.0 Å². The lowest BCUT2D eigenvalue weighted by atomic mass is 10.1. The van der Waals surface area contributed by atoms with Crippen LogP contribution in [-0.4, -0.2) is 16.3 Å². The van der Waals surface area contributed by atoms with Crippen molar-refractivity contribution in [3.05, 3.63) is 54.0 Å². The molecule has 0 saturated heterocycles. The molecular formula is C17H21N3O. The molecular weight excluding hydrogens is 262 g/mol. The average Bonchev–Trinajstić information content (AvgIpc) is 3.09. The Morgan fingerprint density at radius 3 is 2.86 bits per heavy atom. The molecule has 2 aromatic heterocycles. The fraction of sp³-hybridized carbons (Fsp3) is 0.353. The van der Waals surface area contributed by atoms with Gasteiger partial charge < -0.3 is 9.73 Å². The van der Waals surface area contributed by atoms with E-state index < -0.39 is 0 Å². The number of fused-ring (bicyclic) bond motifs is 1. The van der Waals surface area contributed by atoms with Crippen molar-refractivity contribution >= 4 is 11.0 Å². The molecule has 21 heavy (non-hydrogen) atoms. The van der Waals surface area contributed by atoms with E-state index in [2.05, 4.69) is 35.5 Å². The second-order valence-corrected chi connectivity index (χ2v) is 5.28. The topological polar surface area (TPSA) is 43.0 Å². The maximum atomic E-state index is 6.00. The van der Waals surface area contributed by atoms with Gasteiger partial charge in [-0.1, -0.05) is 25.1 Å². The third-order valence-electron chi connectivity index (χ3n) is 3.85. The standard InChI is InChI=1S/C17H21N3O/c1-3-18-15(9-8-14-10-11-19-20(14)2)17-12-13-6-4-5-7-16(13)21-17/h4-7,10-12,15,18H,3,8-9H2,1-2H3. The molecule has 0 aliphatic heterocycles. The summed E-state index contributed by atoms with van der Waals surface area (Å²) in [6, 6.07) is 12.6. The average molecular weight is 283 g/mol. The zero-order valence-corrected chi connectivity index (χ0v) is 12.5. The van der Waals surface area contributed by atoms with Gasteiger partial charge in [0.25, 0.3) is 0 Å². The van der Waals surface area contributed by atoms with Crippen LogP contribution in [0.3, 0.4) is 0 Å². The van der Waals surface area contributed by atoms with Gasteiger partial charge in [0.15, 0.2) is 0 Å². The first-order valence-electron chi connectivity index (χ1n) is 7.46. The second-order valence-electron chi connectivity index (χ2n) is 5.28. The summed E-state index contributed by atoms with van der Waals surface area (Å²) in [5, 5.41) is 8.90. The quantitative estimate of drug-likeness (QED) is 0.753. The van der Waals surface area contributed by atoms with Crippen molar-refractivity contribution in [3.63, 3.8) is 0 Å². The molecule has 0 spiro atoms. The SMILES string of the molecule is CCNC(CCc1ccnn1C)c1cc2ccccc2o1. The van der Waals surface area contributed by atoms with Crippen LogP contribution in [0, 0.1) is 0 Å². The predicted octanol–water partition coefficient (Wildman–Crippen LogP) is 3.45. The van der Waals surface area contributed by atoms with Crippen molar-refractivity contribution in [2.75, 3.05) is 6.54 Å². The number of benzene rings is 1. The molecule has 0 radical (unpaired) electrons. The first-order valence-corrected chi connectivity index (χ1v) is 7.46. The molecule has 0 fully saturated rings. The number of aryl methyl sites for hydroxylation is 2. The fourth-order valence-corrected chi connectivity index (χ4v) is 2.70. The van der Waals surface area contributed by atoms with Gasteiger partial charge in [-0.05, 0) is 37.6 Å². The Morgan fingerprint density at radius 2 is 2.14 bits per heavy atom. The van der Waals surface area contributed by atoms with E-state index in [1.54, 1.807) is 0 Å². The lowest BCUT2D eigenvalue weighted by Crippen LogP contribution is -2.21. The molecule has 0 aliphatic rings. The fourth-order valence-electron chi connectivity index (χ4n) is 2.70. The normalized spacial score (nSPS) is 12.9. The number of rotatable bonds is 6. The van der Waals surface area contributed by atoms with Crippen molar-refractivity contribution in [3.8, 4) is 0 Å². The number of nitrogens with one attached hydrogen (secondary N) is 1. The van der Waals surface area contributed by atoms with Gasteiger partial charge in [0.1, 0.15) is 11.3 Å². The minimum Gasteiger partial charge on any atom is -0.459 e. The maximum Gasteiger partial charge on any atom is 0.134 e. The van der Waals surface area contributed by atoms with Crippen LogP contribution in [0.2, 0.25) is 0 Å². The highest BCUT2D eigenvalue weighted by Crippen LogP contribution is 2.26. The van der Waals surface area contributed by atoms with Gasteiger partial charge in [0, 0.05) is 24.3 Å². The summed E-state index contributed by atoms with van der Waals surface area (Å²) >= 11 is 0. The van der Waals surface area contributed by atoms with Gasteiger partial charge in [-0.3, -0.25) is 4.68 Å². The Kier molecular flexibility index (Phi) is 4.06. The zero-order chi connectivity index (χ0) is 14.7. The van der Waals surface area contributed by atoms with Crippen molar-refractivity contribution in [1.82, 2.24) is 15.1 Å². The third-order valence-corrected chi connectivity index (χ3v) is 3.85. The van der Waals surface area contributed by atoms with Gasteiger partial charge in [-0.2, -0.15) is 5.10 Å². The zero-order valence-electron chi connectivity index (χ0n) is 12.5. The van der Waals surface area contributed by atoms with Gasteiger partial charge in [0.05, 0.1) is 6.04 Å². The monoisotopic (exact) mass is 283 g/mol. The molecule has 0 bridgehead atoms. The van der Waals surface area contributed by atoms with Crippen LogP contribution in [0.4, 0.5) is 0 Å². The van der Waals surface area contributed by atoms with Crippen molar-refractivity contribution in [2.45, 2.75) is 25.8 Å². The van der Waals surface area contributed by atoms with Gasteiger partial charge >= 0.3 is 0 Å². The molecule has 0 aliphatic carbocycles. The Bertz CT molecular complexity index is 680. The summed E-state index contributed by atoms with van der Waals surface area (Å²) in [6.45, 7) is 3.05. The van der Waals surface area contributed by atoms with Crippen molar-refractivity contribution in [1.29, 1.82) is 0 Å². The molecule has 4 nitrogen and oxygen atoms in total. The maximum absolute atomic E-state index is 6.00. The largest absolute Gasteiger partial charge is 0.459 e. The Balaban J connectivity index is 1.78. The summed E-state index contributed by atoms with van der Waals surface area (Å²) in [5.74, 6) is 1.01. The molecule has 1 N–H and O–H groups in total. The molecule has 2 heterocycles. The highest BCUT2D eigenvalue weighted by molar-refractivity contribution is 5.77. The highest BCUT2D eigenvalue weighted by Gasteiger charge is 2.16. The first kappa shape index (κ1) is 13.9. The van der Waals surface area contributed by atoms with Crippen LogP contribution >= 0.6 is 0 Å². The smallest absolute Gasteiger partial charge is 0.134 e. The lowest BCUT2D eigenvalue weighted by Gasteiger charge is -2.15. The molecule has 1 atom stereocenters. The summed E-state index contributed by atoms with van der Waals surface area (Å²) < 4.78 is 7.93. The van der Waals surface area contributed by atoms with E-state index in [0.29, 0.717) is 0 Å². The minimum absolute atomic E-state index is 0.234. The number of para-hydroxylation sites is 1. The van der Waals surface area contributed by atoms with Crippen LogP contribution in [0.25, 0.3) is 11.0 Å². The molecule has 3 rings (SSSR count). The minimum atomic E-state index is 0.234. The predicted molar refractivity (Wildman–Crippen MR) is 84.2 cm³/mol. The van der Waals surface area contributed by atoms with E-state index >= 15 is 0 Å². The molecule has 1 unspecified atom stereocenters. The molecule has 0 amide bonds. The van der Waals surface area contributed by atoms with E-state index in [-0.39, 0.29) is 6.04 Å². The molecule has 4 heteroatoms. The molecule has 1 aromatic carbocycles. The third kappa shape index (κ3) is 3.00. The lowest BCUT2D eigenvalue weighted by molar-refractivity contribution is 0.414. The van der Waals surface area contributed by atoms with Crippen LogP contribution in [-0.2, 0) is 13.5 Å². The van der Waals surface area contributed by atoms with Crippen LogP contribution in [0.1, 0.15) is 30.8 Å². The molecule has 110 valence electrons. The summed E-state index contributed by atoms with van der Waals surface area (Å²) in [7, 11) is 1.98. The first-order chi connectivity index (χ1) is 10.3. The number of hydrogen-bond donors (Lipinski definition) is 1. The van der Waals surface area contributed by atoms with E-state index in [1.165, 1.54) is 5.69 Å². The van der Waals surface area contributed by atoms with Gasteiger partial charge in [-0.15, -0.1) is 0 Å². The van der Waals surface area contributed by atoms with Crippen LogP contribution in [0.5, 0.6) is 0 Å². The molecule has 3 aromatic rings. The van der Waals surface area contributed by atoms with Gasteiger partial charge in [0.2, 0.25) is 0 Å². The number of hydrogen-bond acceptors (Lipinski definition) is 3. The van der Waals surface area contributed by atoms with E-state index in [9.17, 15) is 0 Å². The summed E-state index contributed by atoms with van der Waals surface area (Å²) in [4.78, 5) is 0. The van der Waals surface area contributed by atoms with Gasteiger partial charge in [-0.25, -0.2) is 0 Å². The second kappa shape index (κ2) is 6.14. The van der Waals surface area contributed by atoms with E-state index in [0.717, 1.165) is 36.1 Å². The van der Waals surface area contributed by atoms with E-state index in [4.69, 9.17) is 4.42 Å². The Morgan fingerprint density at radius 1 is 1.29 bits per heavy atom. The highest BCUT2D eigenvalue weighted by atomic mass is 16.3. The Hall–Kier alpha value is -2.07. The van der Waals surface area contributed by atoms with Crippen molar-refractivity contribution < 1.29 is 4.42 Å². The number of furan rings is 1. The summed E-state index contributed by atoms with van der Waals surface area (Å²) in [5.41, 5.74) is 2.20. The summed E-state index contributed by atoms with van der Waals surface area (Å²) in [6.07, 6.45) is 3.82. The van der Waals surface area contributed by atoms with E-state index in [1.807, 2.05) is 36.1 Å². The van der Waals surface area contributed by atoms with Crippen molar-refractivity contribution in [2.24, 2.45) is 7.05 Å². The van der Waals surface area contributed by atoms with Crippen LogP contribution < -0.4 is 5.32 Å². The Labute approximate surface area is 124 Å². The number of aromatic nitrogens is 2. The number of nitrogens with zero attached hydrogens (tertiary/aromatic N) is 2.